The van der Waals surface area contributed by atoms with Gasteiger partial charge in [0.15, 0.2) is 0 Å². The molecule has 0 fully saturated rings. The van der Waals surface area contributed by atoms with E-state index in [-0.39, 0.29) is 0 Å². The zero-order valence-electron chi connectivity index (χ0n) is 11.2. The molecule has 20 heavy (non-hydrogen) atoms. The summed E-state index contributed by atoms with van der Waals surface area (Å²) in [6, 6.07) is 31.2. The molecule has 0 spiro atoms. The minimum absolute atomic E-state index is 1.21. The van der Waals surface area contributed by atoms with E-state index < -0.39 is 7.14 Å². The van der Waals surface area contributed by atoms with Gasteiger partial charge in [-0.15, -0.1) is 0 Å². The molecule has 94 valence electrons. The van der Waals surface area contributed by atoms with Crippen LogP contribution in [0.2, 0.25) is 0 Å². The highest BCUT2D eigenvalue weighted by atomic mass is 31.2. The van der Waals surface area contributed by atoms with Gasteiger partial charge in [0.2, 0.25) is 0 Å². The fraction of sp³-hybridized carbons (Fsp3) is 0. The Hall–Kier alpha value is -1.85. The van der Waals surface area contributed by atoms with Crippen molar-refractivity contribution in [1.29, 1.82) is 0 Å². The van der Waals surface area contributed by atoms with Crippen molar-refractivity contribution < 1.29 is 0 Å². The molecule has 3 aromatic rings. The van der Waals surface area contributed by atoms with Crippen molar-refractivity contribution >= 4 is 30.6 Å². The molecule has 0 N–H and O–H groups in total. The van der Waals surface area contributed by atoms with E-state index in [0.717, 1.165) is 0 Å². The summed E-state index contributed by atoms with van der Waals surface area (Å²) < 4.78 is 0. The summed E-state index contributed by atoms with van der Waals surface area (Å²) in [6.07, 6.45) is 0. The summed E-state index contributed by atoms with van der Waals surface area (Å²) in [5.41, 5.74) is 0. The van der Waals surface area contributed by atoms with E-state index in [1.807, 2.05) is 18.2 Å². The van der Waals surface area contributed by atoms with Crippen molar-refractivity contribution in [3.05, 3.63) is 91.0 Å². The quantitative estimate of drug-likeness (QED) is 0.508. The standard InChI is InChI=1S/C18H15BP/c19-20(16-10-4-1-5-11-16,17-12-6-2-7-13-17)18-14-8-3-9-15-18/h1-15H/q+1. The maximum absolute atomic E-state index is 6.97. The average Bonchev–Trinajstić information content (AvgIpc) is 2.56. The molecule has 0 aliphatic carbocycles. The first kappa shape index (κ1) is 13.2. The van der Waals surface area contributed by atoms with Gasteiger partial charge in [0.25, 0.3) is 0 Å². The van der Waals surface area contributed by atoms with Crippen molar-refractivity contribution in [1.82, 2.24) is 0 Å². The third-order valence-electron chi connectivity index (χ3n) is 3.49. The summed E-state index contributed by atoms with van der Waals surface area (Å²) >= 11 is 0. The van der Waals surface area contributed by atoms with Gasteiger partial charge in [-0.25, -0.2) is 0 Å². The van der Waals surface area contributed by atoms with Gasteiger partial charge in [0, 0.05) is 0 Å². The Morgan fingerprint density at radius 1 is 0.450 bits per heavy atom. The van der Waals surface area contributed by atoms with Crippen LogP contribution in [0.1, 0.15) is 0 Å². The van der Waals surface area contributed by atoms with E-state index in [9.17, 15) is 0 Å². The first-order chi connectivity index (χ1) is 9.82. The number of hydrogen-bond acceptors (Lipinski definition) is 0. The van der Waals surface area contributed by atoms with Gasteiger partial charge >= 0.3 is 7.57 Å². The van der Waals surface area contributed by atoms with Gasteiger partial charge in [0.1, 0.15) is 0 Å². The van der Waals surface area contributed by atoms with E-state index in [1.165, 1.54) is 15.9 Å². The molecule has 0 aliphatic rings. The summed E-state index contributed by atoms with van der Waals surface area (Å²) in [4.78, 5) is 0. The number of benzene rings is 3. The van der Waals surface area contributed by atoms with Gasteiger partial charge in [-0.05, 0) is 36.4 Å². The smallest absolute Gasteiger partial charge is 0.0620 e. The van der Waals surface area contributed by atoms with Gasteiger partial charge in [-0.1, -0.05) is 54.6 Å². The molecular weight excluding hydrogens is 258 g/mol. The number of hydrogen-bond donors (Lipinski definition) is 0. The molecule has 2 heteroatoms. The summed E-state index contributed by atoms with van der Waals surface area (Å²) in [7, 11) is 4.95. The van der Waals surface area contributed by atoms with Crippen LogP contribution < -0.4 is 15.9 Å². The molecule has 0 bridgehead atoms. The van der Waals surface area contributed by atoms with Crippen LogP contribution >= 0.6 is 7.14 Å². The predicted molar refractivity (Wildman–Crippen MR) is 90.9 cm³/mol. The van der Waals surface area contributed by atoms with Crippen LogP contribution in [0.3, 0.4) is 0 Å². The Bertz CT molecular complexity index is 569. The summed E-state index contributed by atoms with van der Waals surface area (Å²) in [6.45, 7) is 0. The molecule has 2 radical (unpaired) electrons. The lowest BCUT2D eigenvalue weighted by Gasteiger charge is -2.23. The zero-order valence-corrected chi connectivity index (χ0v) is 12.1. The maximum Gasteiger partial charge on any atom is 0.383 e. The molecule has 0 amide bonds. The fourth-order valence-electron chi connectivity index (χ4n) is 2.44. The van der Waals surface area contributed by atoms with Crippen molar-refractivity contribution in [2.45, 2.75) is 0 Å². The molecule has 0 aliphatic heterocycles. The van der Waals surface area contributed by atoms with E-state index in [1.54, 1.807) is 0 Å². The lowest BCUT2D eigenvalue weighted by molar-refractivity contribution is 1.73. The second kappa shape index (κ2) is 5.65. The second-order valence-electron chi connectivity index (χ2n) is 4.73. The van der Waals surface area contributed by atoms with Crippen molar-refractivity contribution in [3.63, 3.8) is 0 Å². The molecule has 0 saturated carbocycles. The molecule has 3 aromatic carbocycles. The third-order valence-corrected chi connectivity index (χ3v) is 6.83. The van der Waals surface area contributed by atoms with Crippen LogP contribution in [-0.4, -0.2) is 7.57 Å². The van der Waals surface area contributed by atoms with E-state index in [4.69, 9.17) is 7.57 Å². The topological polar surface area (TPSA) is 0 Å². The Labute approximate surface area is 122 Å². The summed E-state index contributed by atoms with van der Waals surface area (Å²) in [5, 5.41) is 3.62. The Morgan fingerprint density at radius 2 is 0.700 bits per heavy atom. The highest BCUT2D eigenvalue weighted by Gasteiger charge is 2.39. The maximum atomic E-state index is 6.97. The largest absolute Gasteiger partial charge is 0.383 e. The molecule has 0 nitrogen and oxygen atoms in total. The van der Waals surface area contributed by atoms with Crippen LogP contribution in [0, 0.1) is 0 Å². The monoisotopic (exact) mass is 273 g/mol. The van der Waals surface area contributed by atoms with E-state index in [2.05, 4.69) is 72.8 Å². The van der Waals surface area contributed by atoms with Crippen LogP contribution in [0.5, 0.6) is 0 Å². The molecule has 0 atom stereocenters. The van der Waals surface area contributed by atoms with Gasteiger partial charge in [0.05, 0.1) is 23.1 Å². The Kier molecular flexibility index (Phi) is 3.71. The fourth-order valence-corrected chi connectivity index (χ4v) is 5.26. The van der Waals surface area contributed by atoms with Gasteiger partial charge < -0.3 is 0 Å². The predicted octanol–water partition coefficient (Wildman–Crippen LogP) is 3.06. The average molecular weight is 273 g/mol. The molecule has 0 saturated heterocycles. The van der Waals surface area contributed by atoms with Crippen LogP contribution in [-0.2, 0) is 0 Å². The zero-order chi connectivity index (χ0) is 13.8. The van der Waals surface area contributed by atoms with E-state index in [0.29, 0.717) is 0 Å². The summed E-state index contributed by atoms with van der Waals surface area (Å²) in [5.74, 6) is 0. The minimum Gasteiger partial charge on any atom is -0.0620 e. The molecular formula is C18H15BP+. The first-order valence-corrected chi connectivity index (χ1v) is 8.52. The molecule has 3 rings (SSSR count). The minimum atomic E-state index is -2.03. The Balaban J connectivity index is 2.24. The lowest BCUT2D eigenvalue weighted by Crippen LogP contribution is -2.31. The van der Waals surface area contributed by atoms with Crippen molar-refractivity contribution in [2.24, 2.45) is 0 Å². The van der Waals surface area contributed by atoms with Gasteiger partial charge in [-0.3, -0.25) is 0 Å². The molecule has 0 unspecified atom stereocenters. The SMILES string of the molecule is [B][P+](c1ccccc1)(c1ccccc1)c1ccccc1. The first-order valence-electron chi connectivity index (χ1n) is 6.66. The number of rotatable bonds is 3. The van der Waals surface area contributed by atoms with Crippen LogP contribution in [0.15, 0.2) is 91.0 Å². The highest BCUT2D eigenvalue weighted by molar-refractivity contribution is 8.13. The Morgan fingerprint density at radius 3 is 0.950 bits per heavy atom. The molecule has 0 heterocycles. The van der Waals surface area contributed by atoms with Crippen molar-refractivity contribution in [2.75, 3.05) is 0 Å². The highest BCUT2D eigenvalue weighted by Crippen LogP contribution is 2.49. The molecule has 0 aromatic heterocycles. The van der Waals surface area contributed by atoms with Crippen LogP contribution in [0.4, 0.5) is 0 Å². The van der Waals surface area contributed by atoms with Crippen molar-refractivity contribution in [3.8, 4) is 0 Å². The lowest BCUT2D eigenvalue weighted by atomic mass is 10.3. The third kappa shape index (κ3) is 2.30. The van der Waals surface area contributed by atoms with E-state index >= 15 is 0 Å². The van der Waals surface area contributed by atoms with Gasteiger partial charge in [-0.2, -0.15) is 0 Å². The van der Waals surface area contributed by atoms with Crippen LogP contribution in [0.25, 0.3) is 0 Å². The second-order valence-corrected chi connectivity index (χ2v) is 7.72. The normalized spacial score (nSPS) is 11.2.